The molecule has 2 heterocycles. The first-order valence-electron chi connectivity index (χ1n) is 3.03. The molecule has 0 unspecified atom stereocenters. The lowest BCUT2D eigenvalue weighted by atomic mass is 10.2. The van der Waals surface area contributed by atoms with Gasteiger partial charge in [0.2, 0.25) is 6.20 Å². The molecule has 0 N–H and O–H groups in total. The van der Waals surface area contributed by atoms with Gasteiger partial charge in [0.05, 0.1) is 18.0 Å². The molecule has 2 rings (SSSR count). The van der Waals surface area contributed by atoms with Gasteiger partial charge in [0, 0.05) is 6.08 Å². The molecule has 2 nitrogen and oxygen atoms in total. The van der Waals surface area contributed by atoms with Crippen LogP contribution < -0.4 is 4.99 Å². The first-order chi connectivity index (χ1) is 4.47. The zero-order valence-electron chi connectivity index (χ0n) is 5.00. The largest absolute Gasteiger partial charge is 0.486 e. The summed E-state index contributed by atoms with van der Waals surface area (Å²) in [5, 5.41) is 0. The highest BCUT2D eigenvalue weighted by Crippen LogP contribution is 2.13. The highest BCUT2D eigenvalue weighted by Gasteiger charge is 2.26. The van der Waals surface area contributed by atoms with Gasteiger partial charge in [-0.2, -0.15) is 0 Å². The molecular weight excluding hydrogens is 114 g/mol. The van der Waals surface area contributed by atoms with E-state index in [9.17, 15) is 0 Å². The SMILES string of the molecule is C1=C[N+]=C2CCOC2=C1. The van der Waals surface area contributed by atoms with Crippen molar-refractivity contribution in [2.75, 3.05) is 6.61 Å². The van der Waals surface area contributed by atoms with Crippen molar-refractivity contribution in [1.29, 1.82) is 0 Å². The summed E-state index contributed by atoms with van der Waals surface area (Å²) in [6.45, 7) is 0.798. The summed E-state index contributed by atoms with van der Waals surface area (Å²) in [7, 11) is 0. The Morgan fingerprint density at radius 3 is 3.44 bits per heavy atom. The maximum Gasteiger partial charge on any atom is 0.298 e. The summed E-state index contributed by atoms with van der Waals surface area (Å²) in [6, 6.07) is 0. The maximum absolute atomic E-state index is 5.24. The van der Waals surface area contributed by atoms with E-state index in [2.05, 4.69) is 4.99 Å². The van der Waals surface area contributed by atoms with Crippen molar-refractivity contribution in [3.8, 4) is 0 Å². The Morgan fingerprint density at radius 1 is 1.56 bits per heavy atom. The lowest BCUT2D eigenvalue weighted by molar-refractivity contribution is 0.267. The molecule has 0 aliphatic carbocycles. The van der Waals surface area contributed by atoms with Crippen molar-refractivity contribution in [1.82, 2.24) is 4.99 Å². The third-order valence-corrected chi connectivity index (χ3v) is 1.44. The van der Waals surface area contributed by atoms with Gasteiger partial charge in [-0.15, -0.1) is 0 Å². The van der Waals surface area contributed by atoms with E-state index in [1.165, 1.54) is 0 Å². The monoisotopic (exact) mass is 121 g/mol. The molecule has 2 heteroatoms. The van der Waals surface area contributed by atoms with Gasteiger partial charge in [0.25, 0.3) is 5.71 Å². The fourth-order valence-electron chi connectivity index (χ4n) is 1.00. The second-order valence-corrected chi connectivity index (χ2v) is 2.05. The Bertz CT molecular complexity index is 191. The number of aliphatic imine (C=N–C) groups is 1. The molecule has 1 radical (unpaired) electrons. The zero-order valence-corrected chi connectivity index (χ0v) is 5.00. The van der Waals surface area contributed by atoms with Crippen LogP contribution in [0.25, 0.3) is 0 Å². The van der Waals surface area contributed by atoms with E-state index in [0.29, 0.717) is 0 Å². The lowest BCUT2D eigenvalue weighted by Gasteiger charge is -1.90. The maximum atomic E-state index is 5.24. The van der Waals surface area contributed by atoms with Crippen LogP contribution in [0.3, 0.4) is 0 Å². The smallest absolute Gasteiger partial charge is 0.298 e. The molecule has 1 fully saturated rings. The molecule has 9 heavy (non-hydrogen) atoms. The zero-order chi connectivity index (χ0) is 6.10. The summed E-state index contributed by atoms with van der Waals surface area (Å²) < 4.78 is 5.24. The van der Waals surface area contributed by atoms with Gasteiger partial charge in [-0.05, 0) is 6.08 Å². The second-order valence-electron chi connectivity index (χ2n) is 2.05. The standard InChI is InChI=1S/C7H7NO/c1-2-7-6(8-4-1)3-5-9-7/h1-2,4H,3,5H2/q+1. The Kier molecular flexibility index (Phi) is 0.918. The second kappa shape index (κ2) is 1.72. The van der Waals surface area contributed by atoms with Crippen molar-refractivity contribution in [3.63, 3.8) is 0 Å². The molecule has 0 aromatic rings. The first-order valence-corrected chi connectivity index (χ1v) is 3.03. The van der Waals surface area contributed by atoms with Crippen LogP contribution in [0.1, 0.15) is 6.42 Å². The number of hydrogen-bond acceptors (Lipinski definition) is 2. The summed E-state index contributed by atoms with van der Waals surface area (Å²) in [5.41, 5.74) is 1.09. The fourth-order valence-corrected chi connectivity index (χ4v) is 1.00. The van der Waals surface area contributed by atoms with Crippen LogP contribution in [0.4, 0.5) is 0 Å². The molecule has 0 atom stereocenters. The normalized spacial score (nSPS) is 22.2. The molecule has 1 saturated heterocycles. The lowest BCUT2D eigenvalue weighted by Crippen LogP contribution is -2.03. The van der Waals surface area contributed by atoms with Crippen molar-refractivity contribution in [3.05, 3.63) is 24.1 Å². The molecule has 0 bridgehead atoms. The average molecular weight is 121 g/mol. The highest BCUT2D eigenvalue weighted by atomic mass is 16.5. The Hall–Kier alpha value is -1.05. The molecular formula is C7H7NO+. The predicted octanol–water partition coefficient (Wildman–Crippen LogP) is 0.595. The van der Waals surface area contributed by atoms with Gasteiger partial charge >= 0.3 is 0 Å². The van der Waals surface area contributed by atoms with Gasteiger partial charge in [-0.25, -0.2) is 0 Å². The van der Waals surface area contributed by atoms with Crippen molar-refractivity contribution >= 4 is 5.71 Å². The number of rotatable bonds is 0. The van der Waals surface area contributed by atoms with Crippen LogP contribution in [0.2, 0.25) is 0 Å². The van der Waals surface area contributed by atoms with E-state index in [0.717, 1.165) is 24.5 Å². The number of allylic oxidation sites excluding steroid dienone is 3. The number of fused-ring (bicyclic) bond motifs is 1. The molecule has 0 amide bonds. The minimum atomic E-state index is 0.798. The molecule has 0 aromatic heterocycles. The Morgan fingerprint density at radius 2 is 2.56 bits per heavy atom. The highest BCUT2D eigenvalue weighted by molar-refractivity contribution is 6.00. The molecule has 45 valence electrons. The van der Waals surface area contributed by atoms with Crippen LogP contribution in [-0.2, 0) is 4.74 Å². The number of nitrogens with zero attached hydrogens (tertiary/aromatic N) is 1. The van der Waals surface area contributed by atoms with Crippen molar-refractivity contribution < 1.29 is 4.74 Å². The van der Waals surface area contributed by atoms with Crippen LogP contribution in [0, 0.1) is 0 Å². The minimum absolute atomic E-state index is 0.798. The first kappa shape index (κ1) is 4.79. The molecule has 2 aliphatic heterocycles. The minimum Gasteiger partial charge on any atom is -0.486 e. The fraction of sp³-hybridized carbons (Fsp3) is 0.286. The number of ether oxygens (including phenoxy) is 1. The van der Waals surface area contributed by atoms with E-state index in [1.54, 1.807) is 6.20 Å². The van der Waals surface area contributed by atoms with E-state index < -0.39 is 0 Å². The van der Waals surface area contributed by atoms with Gasteiger partial charge in [0.1, 0.15) is 0 Å². The summed E-state index contributed by atoms with van der Waals surface area (Å²) >= 11 is 0. The summed E-state index contributed by atoms with van der Waals surface area (Å²) in [5.74, 6) is 0.956. The quantitative estimate of drug-likeness (QED) is 0.460. The Labute approximate surface area is 53.5 Å². The van der Waals surface area contributed by atoms with Crippen LogP contribution >= 0.6 is 0 Å². The van der Waals surface area contributed by atoms with E-state index in [1.807, 2.05) is 12.2 Å². The molecule has 2 aliphatic rings. The van der Waals surface area contributed by atoms with Crippen LogP contribution in [0.5, 0.6) is 0 Å². The average Bonchev–Trinajstić information content (AvgIpc) is 2.33. The molecule has 0 aromatic carbocycles. The van der Waals surface area contributed by atoms with Crippen molar-refractivity contribution in [2.45, 2.75) is 6.42 Å². The van der Waals surface area contributed by atoms with E-state index in [4.69, 9.17) is 4.74 Å². The van der Waals surface area contributed by atoms with E-state index in [-0.39, 0.29) is 0 Å². The third-order valence-electron chi connectivity index (χ3n) is 1.44. The topological polar surface area (TPSA) is 23.3 Å². The molecule has 0 saturated carbocycles. The molecule has 0 spiro atoms. The van der Waals surface area contributed by atoms with Crippen LogP contribution in [-0.4, -0.2) is 12.3 Å². The van der Waals surface area contributed by atoms with Gasteiger partial charge in [-0.3, -0.25) is 0 Å². The van der Waals surface area contributed by atoms with Crippen LogP contribution in [0.15, 0.2) is 24.1 Å². The van der Waals surface area contributed by atoms with Gasteiger partial charge < -0.3 is 4.74 Å². The Balaban J connectivity index is 2.42. The van der Waals surface area contributed by atoms with Crippen molar-refractivity contribution in [2.24, 2.45) is 0 Å². The van der Waals surface area contributed by atoms with Gasteiger partial charge in [0.15, 0.2) is 5.76 Å². The van der Waals surface area contributed by atoms with Gasteiger partial charge in [-0.1, -0.05) is 0 Å². The third kappa shape index (κ3) is 0.669. The van der Waals surface area contributed by atoms with E-state index >= 15 is 0 Å². The summed E-state index contributed by atoms with van der Waals surface area (Å²) in [6.07, 6.45) is 6.61. The summed E-state index contributed by atoms with van der Waals surface area (Å²) in [4.78, 5) is 4.13. The number of hydrogen-bond donors (Lipinski definition) is 0. The predicted molar refractivity (Wildman–Crippen MR) is 34.9 cm³/mol.